The molecule has 1 heterocycles. The minimum absolute atomic E-state index is 0.137. The zero-order valence-corrected chi connectivity index (χ0v) is 13.1. The second-order valence-corrected chi connectivity index (χ2v) is 7.20. The first-order valence-corrected chi connectivity index (χ1v) is 7.01. The van der Waals surface area contributed by atoms with Crippen molar-refractivity contribution in [2.75, 3.05) is 0 Å². The maximum absolute atomic E-state index is 12.1. The van der Waals surface area contributed by atoms with Gasteiger partial charge in [0, 0.05) is 5.41 Å². The first kappa shape index (κ1) is 15.5. The molecule has 1 saturated carbocycles. The summed E-state index contributed by atoms with van der Waals surface area (Å²) in [7, 11) is 0. The smallest absolute Gasteiger partial charge is 0.307 e. The third-order valence-corrected chi connectivity index (χ3v) is 4.08. The lowest BCUT2D eigenvalue weighted by atomic mass is 9.94. The maximum atomic E-state index is 12.1. The summed E-state index contributed by atoms with van der Waals surface area (Å²) in [6.45, 7) is 9.80. The molecule has 1 aliphatic carbocycles. The number of aliphatic carboxylic acids is 1. The van der Waals surface area contributed by atoms with Crippen LogP contribution in [0.25, 0.3) is 0 Å². The summed E-state index contributed by atoms with van der Waals surface area (Å²) in [6, 6.07) is 0. The van der Waals surface area contributed by atoms with Gasteiger partial charge in [-0.25, -0.2) is 4.98 Å². The van der Waals surface area contributed by atoms with Gasteiger partial charge in [-0.1, -0.05) is 34.6 Å². The van der Waals surface area contributed by atoms with E-state index in [0.29, 0.717) is 5.89 Å². The maximum Gasteiger partial charge on any atom is 0.307 e. The number of carbonyl (C=O) groups is 2. The Hall–Kier alpha value is -1.85. The normalized spacial score (nSPS) is 23.7. The Balaban J connectivity index is 1.94. The second-order valence-electron chi connectivity index (χ2n) is 7.20. The molecule has 6 heteroatoms. The molecule has 0 spiro atoms. The van der Waals surface area contributed by atoms with Crippen LogP contribution in [-0.4, -0.2) is 22.0 Å². The van der Waals surface area contributed by atoms with Gasteiger partial charge in [0.05, 0.1) is 24.6 Å². The van der Waals surface area contributed by atoms with Crippen molar-refractivity contribution in [3.8, 4) is 0 Å². The third-order valence-electron chi connectivity index (χ3n) is 4.08. The number of hydrogen-bond acceptors (Lipinski definition) is 4. The van der Waals surface area contributed by atoms with Gasteiger partial charge in [0.25, 0.3) is 0 Å². The van der Waals surface area contributed by atoms with Crippen molar-refractivity contribution in [1.29, 1.82) is 0 Å². The molecule has 2 rings (SSSR count). The number of carboxylic acid groups (broad SMARTS) is 1. The Bertz CT molecular complexity index is 568. The molecule has 21 heavy (non-hydrogen) atoms. The molecule has 1 aromatic rings. The molecule has 116 valence electrons. The molecule has 0 saturated heterocycles. The van der Waals surface area contributed by atoms with Gasteiger partial charge in [0.2, 0.25) is 11.8 Å². The average Bonchev–Trinajstić information content (AvgIpc) is 2.73. The van der Waals surface area contributed by atoms with E-state index < -0.39 is 23.2 Å². The lowest BCUT2D eigenvalue weighted by Gasteiger charge is -2.13. The highest BCUT2D eigenvalue weighted by molar-refractivity contribution is 5.91. The SMILES string of the molecule is CC(C)(C)c1cnc(CNC(=O)[C@@H]2[C@H](C(=O)O)C2(C)C)o1. The summed E-state index contributed by atoms with van der Waals surface area (Å²) in [4.78, 5) is 27.3. The molecular formula is C15H22N2O4. The van der Waals surface area contributed by atoms with Crippen molar-refractivity contribution in [2.45, 2.75) is 46.6 Å². The number of rotatable bonds is 4. The molecule has 1 aromatic heterocycles. The van der Waals surface area contributed by atoms with E-state index in [4.69, 9.17) is 9.52 Å². The van der Waals surface area contributed by atoms with E-state index in [1.165, 1.54) is 0 Å². The van der Waals surface area contributed by atoms with Crippen LogP contribution in [-0.2, 0) is 21.5 Å². The van der Waals surface area contributed by atoms with Crippen LogP contribution >= 0.6 is 0 Å². The van der Waals surface area contributed by atoms with Crippen molar-refractivity contribution in [3.63, 3.8) is 0 Å². The van der Waals surface area contributed by atoms with Crippen LogP contribution in [0.15, 0.2) is 10.6 Å². The lowest BCUT2D eigenvalue weighted by Crippen LogP contribution is -2.27. The molecule has 1 aliphatic rings. The fourth-order valence-corrected chi connectivity index (χ4v) is 2.60. The number of nitrogens with zero attached hydrogens (tertiary/aromatic N) is 1. The summed E-state index contributed by atoms with van der Waals surface area (Å²) in [5, 5.41) is 11.8. The van der Waals surface area contributed by atoms with Gasteiger partial charge < -0.3 is 14.8 Å². The number of nitrogens with one attached hydrogen (secondary N) is 1. The van der Waals surface area contributed by atoms with Gasteiger partial charge in [0.1, 0.15) is 5.76 Å². The summed E-state index contributed by atoms with van der Waals surface area (Å²) >= 11 is 0. The molecule has 2 atom stereocenters. The van der Waals surface area contributed by atoms with Crippen LogP contribution in [0.5, 0.6) is 0 Å². The molecule has 6 nitrogen and oxygen atoms in total. The number of oxazole rings is 1. The highest BCUT2D eigenvalue weighted by Gasteiger charge is 2.65. The molecule has 0 aliphatic heterocycles. The standard InChI is InChI=1S/C15H22N2O4/c1-14(2,3)8-6-16-9(21-8)7-17-12(18)10-11(13(19)20)15(10,4)5/h6,10-11H,7H2,1-5H3,(H,17,18)(H,19,20)/t10-,11+/m0/s1. The van der Waals surface area contributed by atoms with Crippen LogP contribution in [0.4, 0.5) is 0 Å². The Morgan fingerprint density at radius 1 is 1.38 bits per heavy atom. The minimum atomic E-state index is -0.925. The number of carbonyl (C=O) groups excluding carboxylic acids is 1. The van der Waals surface area contributed by atoms with E-state index in [1.54, 1.807) is 20.0 Å². The highest BCUT2D eigenvalue weighted by atomic mass is 16.4. The number of hydrogen-bond donors (Lipinski definition) is 2. The molecule has 1 fully saturated rings. The van der Waals surface area contributed by atoms with Crippen molar-refractivity contribution >= 4 is 11.9 Å². The molecule has 0 aromatic carbocycles. The van der Waals surface area contributed by atoms with Gasteiger partial charge in [-0.15, -0.1) is 0 Å². The van der Waals surface area contributed by atoms with Crippen LogP contribution in [0.2, 0.25) is 0 Å². The van der Waals surface area contributed by atoms with Gasteiger partial charge in [-0.05, 0) is 5.41 Å². The van der Waals surface area contributed by atoms with Crippen LogP contribution in [0, 0.1) is 17.3 Å². The highest BCUT2D eigenvalue weighted by Crippen LogP contribution is 2.58. The zero-order chi connectivity index (χ0) is 16.0. The summed E-state index contributed by atoms with van der Waals surface area (Å²) < 4.78 is 5.58. The topological polar surface area (TPSA) is 92.4 Å². The van der Waals surface area contributed by atoms with Crippen molar-refractivity contribution in [3.05, 3.63) is 17.8 Å². The van der Waals surface area contributed by atoms with Gasteiger partial charge in [-0.2, -0.15) is 0 Å². The molecular weight excluding hydrogens is 272 g/mol. The molecule has 0 radical (unpaired) electrons. The largest absolute Gasteiger partial charge is 0.481 e. The second kappa shape index (κ2) is 4.86. The number of aromatic nitrogens is 1. The first-order valence-electron chi connectivity index (χ1n) is 7.01. The predicted molar refractivity (Wildman–Crippen MR) is 75.4 cm³/mol. The Morgan fingerprint density at radius 3 is 2.43 bits per heavy atom. The van der Waals surface area contributed by atoms with Crippen molar-refractivity contribution < 1.29 is 19.1 Å². The molecule has 0 unspecified atom stereocenters. The Kier molecular flexibility index (Phi) is 3.59. The summed E-state index contributed by atoms with van der Waals surface area (Å²) in [6.07, 6.45) is 1.66. The monoisotopic (exact) mass is 294 g/mol. The number of amides is 1. The minimum Gasteiger partial charge on any atom is -0.481 e. The zero-order valence-electron chi connectivity index (χ0n) is 13.1. The molecule has 2 N–H and O–H groups in total. The molecule has 0 bridgehead atoms. The van der Waals surface area contributed by atoms with Gasteiger partial charge in [-0.3, -0.25) is 9.59 Å². The van der Waals surface area contributed by atoms with Crippen molar-refractivity contribution in [2.24, 2.45) is 17.3 Å². The quantitative estimate of drug-likeness (QED) is 0.885. The van der Waals surface area contributed by atoms with E-state index in [-0.39, 0.29) is 17.9 Å². The van der Waals surface area contributed by atoms with E-state index in [0.717, 1.165) is 5.76 Å². The lowest BCUT2D eigenvalue weighted by molar-refractivity contribution is -0.140. The van der Waals surface area contributed by atoms with E-state index in [2.05, 4.69) is 10.3 Å². The average molecular weight is 294 g/mol. The summed E-state index contributed by atoms with van der Waals surface area (Å²) in [5.74, 6) is -1.12. The first-order chi connectivity index (χ1) is 9.55. The van der Waals surface area contributed by atoms with E-state index in [1.807, 2.05) is 20.8 Å². The van der Waals surface area contributed by atoms with Gasteiger partial charge in [0.15, 0.2) is 0 Å². The third kappa shape index (κ3) is 2.94. The Morgan fingerprint density at radius 2 is 2.00 bits per heavy atom. The van der Waals surface area contributed by atoms with Crippen LogP contribution in [0.3, 0.4) is 0 Å². The van der Waals surface area contributed by atoms with E-state index >= 15 is 0 Å². The van der Waals surface area contributed by atoms with Crippen LogP contribution < -0.4 is 5.32 Å². The van der Waals surface area contributed by atoms with Crippen molar-refractivity contribution in [1.82, 2.24) is 10.3 Å². The summed E-state index contributed by atoms with van der Waals surface area (Å²) in [5.41, 5.74) is -0.634. The predicted octanol–water partition coefficient (Wildman–Crippen LogP) is 1.95. The molecule has 1 amide bonds. The van der Waals surface area contributed by atoms with Crippen LogP contribution in [0.1, 0.15) is 46.3 Å². The van der Waals surface area contributed by atoms with E-state index in [9.17, 15) is 9.59 Å². The fraction of sp³-hybridized carbons (Fsp3) is 0.667. The fourth-order valence-electron chi connectivity index (χ4n) is 2.60. The number of carboxylic acids is 1. The van der Waals surface area contributed by atoms with Gasteiger partial charge >= 0.3 is 5.97 Å². The Labute approximate surface area is 123 Å².